The van der Waals surface area contributed by atoms with Gasteiger partial charge in [0.2, 0.25) is 0 Å². The molecule has 0 saturated heterocycles. The zero-order chi connectivity index (χ0) is 12.1. The molecule has 0 saturated carbocycles. The predicted octanol–water partition coefficient (Wildman–Crippen LogP) is 3.75. The lowest BCUT2D eigenvalue weighted by Crippen LogP contribution is -1.88. The molecule has 0 N–H and O–H groups in total. The van der Waals surface area contributed by atoms with E-state index in [1.54, 1.807) is 13.2 Å². The van der Waals surface area contributed by atoms with Gasteiger partial charge >= 0.3 is 0 Å². The Morgan fingerprint density at radius 2 is 1.71 bits per heavy atom. The van der Waals surface area contributed by atoms with Crippen LogP contribution in [0.5, 0.6) is 5.75 Å². The highest BCUT2D eigenvalue weighted by Crippen LogP contribution is 2.24. The lowest BCUT2D eigenvalue weighted by molar-refractivity contribution is 0.413. The van der Waals surface area contributed by atoms with Gasteiger partial charge in [0.05, 0.1) is 17.7 Å². The Bertz CT molecular complexity index is 564. The molecule has 0 unspecified atom stereocenters. The largest absolute Gasteiger partial charge is 0.495 e. The smallest absolute Gasteiger partial charge is 0.136 e. The molecular formula is C15H11ClO. The van der Waals surface area contributed by atoms with Crippen LogP contribution in [0.3, 0.4) is 0 Å². The van der Waals surface area contributed by atoms with Crippen LogP contribution in [0.4, 0.5) is 0 Å². The van der Waals surface area contributed by atoms with Crippen LogP contribution in [0, 0.1) is 11.8 Å². The summed E-state index contributed by atoms with van der Waals surface area (Å²) in [7, 11) is 1.61. The van der Waals surface area contributed by atoms with Crippen LogP contribution in [-0.2, 0) is 0 Å². The standard InChI is InChI=1S/C15H11ClO/c1-17-15-9-5-8-14(16)13(15)11-10-12-6-3-2-4-7-12/h2-9H,1H3. The molecule has 0 fully saturated rings. The molecule has 0 aromatic heterocycles. The van der Waals surface area contributed by atoms with E-state index < -0.39 is 0 Å². The zero-order valence-electron chi connectivity index (χ0n) is 9.41. The second-order valence-corrected chi connectivity index (χ2v) is 3.84. The highest BCUT2D eigenvalue weighted by atomic mass is 35.5. The Morgan fingerprint density at radius 1 is 0.941 bits per heavy atom. The van der Waals surface area contributed by atoms with Crippen LogP contribution >= 0.6 is 11.6 Å². The average molecular weight is 243 g/mol. The van der Waals surface area contributed by atoms with E-state index >= 15 is 0 Å². The van der Waals surface area contributed by atoms with Gasteiger partial charge in [-0.3, -0.25) is 0 Å². The van der Waals surface area contributed by atoms with Gasteiger partial charge in [0.1, 0.15) is 5.75 Å². The van der Waals surface area contributed by atoms with Crippen molar-refractivity contribution in [2.45, 2.75) is 0 Å². The second-order valence-electron chi connectivity index (χ2n) is 3.43. The van der Waals surface area contributed by atoms with Gasteiger partial charge in [-0.1, -0.05) is 47.7 Å². The number of rotatable bonds is 1. The molecule has 2 aromatic carbocycles. The molecule has 2 aromatic rings. The van der Waals surface area contributed by atoms with Crippen molar-refractivity contribution >= 4 is 11.6 Å². The highest BCUT2D eigenvalue weighted by Gasteiger charge is 2.03. The van der Waals surface area contributed by atoms with E-state index in [0.717, 1.165) is 11.1 Å². The molecule has 84 valence electrons. The maximum Gasteiger partial charge on any atom is 0.136 e. The normalized spacial score (nSPS) is 9.29. The summed E-state index contributed by atoms with van der Waals surface area (Å²) in [6.07, 6.45) is 0. The first-order chi connectivity index (χ1) is 8.31. The van der Waals surface area contributed by atoms with Crippen molar-refractivity contribution in [1.29, 1.82) is 0 Å². The Kier molecular flexibility index (Phi) is 3.69. The van der Waals surface area contributed by atoms with Gasteiger partial charge in [0.15, 0.2) is 0 Å². The van der Waals surface area contributed by atoms with Crippen LogP contribution in [-0.4, -0.2) is 7.11 Å². The summed E-state index contributed by atoms with van der Waals surface area (Å²) in [5.74, 6) is 6.80. The summed E-state index contributed by atoms with van der Waals surface area (Å²) in [5, 5.41) is 0.604. The second kappa shape index (κ2) is 5.43. The van der Waals surface area contributed by atoms with Crippen molar-refractivity contribution < 1.29 is 4.74 Å². The minimum atomic E-state index is 0.604. The Balaban J connectivity index is 2.40. The molecule has 0 aliphatic heterocycles. The van der Waals surface area contributed by atoms with Crippen molar-refractivity contribution in [3.05, 3.63) is 64.7 Å². The molecule has 17 heavy (non-hydrogen) atoms. The molecule has 0 radical (unpaired) electrons. The molecule has 0 aliphatic rings. The van der Waals surface area contributed by atoms with E-state index in [1.165, 1.54) is 0 Å². The monoisotopic (exact) mass is 242 g/mol. The van der Waals surface area contributed by atoms with E-state index in [0.29, 0.717) is 10.8 Å². The van der Waals surface area contributed by atoms with Crippen LogP contribution in [0.1, 0.15) is 11.1 Å². The first kappa shape index (κ1) is 11.6. The third kappa shape index (κ3) is 2.81. The number of halogens is 1. The van der Waals surface area contributed by atoms with Gasteiger partial charge in [0, 0.05) is 5.56 Å². The van der Waals surface area contributed by atoms with Gasteiger partial charge in [-0.25, -0.2) is 0 Å². The minimum Gasteiger partial charge on any atom is -0.495 e. The van der Waals surface area contributed by atoms with Crippen molar-refractivity contribution in [1.82, 2.24) is 0 Å². The average Bonchev–Trinajstić information content (AvgIpc) is 2.38. The molecular weight excluding hydrogens is 232 g/mol. The number of hydrogen-bond acceptors (Lipinski definition) is 1. The van der Waals surface area contributed by atoms with Crippen molar-refractivity contribution in [3.8, 4) is 17.6 Å². The summed E-state index contributed by atoms with van der Waals surface area (Å²) in [6, 6.07) is 15.3. The van der Waals surface area contributed by atoms with Crippen molar-refractivity contribution in [3.63, 3.8) is 0 Å². The van der Waals surface area contributed by atoms with Crippen molar-refractivity contribution in [2.24, 2.45) is 0 Å². The SMILES string of the molecule is COc1cccc(Cl)c1C#Cc1ccccc1. The first-order valence-electron chi connectivity index (χ1n) is 5.21. The number of benzene rings is 2. The fourth-order valence-electron chi connectivity index (χ4n) is 1.45. The molecule has 0 aliphatic carbocycles. The number of hydrogen-bond donors (Lipinski definition) is 0. The van der Waals surface area contributed by atoms with Crippen LogP contribution in [0.25, 0.3) is 0 Å². The van der Waals surface area contributed by atoms with E-state index in [2.05, 4.69) is 11.8 Å². The molecule has 0 amide bonds. The van der Waals surface area contributed by atoms with Gasteiger partial charge in [-0.15, -0.1) is 0 Å². The van der Waals surface area contributed by atoms with Crippen molar-refractivity contribution in [2.75, 3.05) is 7.11 Å². The zero-order valence-corrected chi connectivity index (χ0v) is 10.2. The molecule has 2 heteroatoms. The summed E-state index contributed by atoms with van der Waals surface area (Å²) in [4.78, 5) is 0. The van der Waals surface area contributed by atoms with E-state index in [4.69, 9.17) is 16.3 Å². The van der Waals surface area contributed by atoms with Crippen LogP contribution in [0.15, 0.2) is 48.5 Å². The lowest BCUT2D eigenvalue weighted by atomic mass is 10.1. The summed E-state index contributed by atoms with van der Waals surface area (Å²) in [5.41, 5.74) is 1.68. The third-order valence-corrected chi connectivity index (χ3v) is 2.62. The third-order valence-electron chi connectivity index (χ3n) is 2.30. The minimum absolute atomic E-state index is 0.604. The number of methoxy groups -OCH3 is 1. The fraction of sp³-hybridized carbons (Fsp3) is 0.0667. The topological polar surface area (TPSA) is 9.23 Å². The predicted molar refractivity (Wildman–Crippen MR) is 70.4 cm³/mol. The fourth-order valence-corrected chi connectivity index (χ4v) is 1.67. The quantitative estimate of drug-likeness (QED) is 0.692. The molecule has 1 nitrogen and oxygen atoms in total. The van der Waals surface area contributed by atoms with Crippen LogP contribution < -0.4 is 4.74 Å². The molecule has 0 spiro atoms. The molecule has 0 heterocycles. The molecule has 0 bridgehead atoms. The molecule has 0 atom stereocenters. The highest BCUT2D eigenvalue weighted by molar-refractivity contribution is 6.32. The molecule has 2 rings (SSSR count). The summed E-state index contributed by atoms with van der Waals surface area (Å²) >= 11 is 6.09. The summed E-state index contributed by atoms with van der Waals surface area (Å²) < 4.78 is 5.23. The van der Waals surface area contributed by atoms with E-state index in [1.807, 2.05) is 42.5 Å². The first-order valence-corrected chi connectivity index (χ1v) is 5.58. The van der Waals surface area contributed by atoms with Crippen LogP contribution in [0.2, 0.25) is 5.02 Å². The van der Waals surface area contributed by atoms with Gasteiger partial charge in [0.25, 0.3) is 0 Å². The Morgan fingerprint density at radius 3 is 2.41 bits per heavy atom. The van der Waals surface area contributed by atoms with E-state index in [-0.39, 0.29) is 0 Å². The lowest BCUT2D eigenvalue weighted by Gasteiger charge is -2.03. The summed E-state index contributed by atoms with van der Waals surface area (Å²) in [6.45, 7) is 0. The van der Waals surface area contributed by atoms with Gasteiger partial charge in [-0.05, 0) is 24.3 Å². The van der Waals surface area contributed by atoms with Gasteiger partial charge in [-0.2, -0.15) is 0 Å². The maximum atomic E-state index is 6.09. The Labute approximate surface area is 106 Å². The van der Waals surface area contributed by atoms with Gasteiger partial charge < -0.3 is 4.74 Å². The van der Waals surface area contributed by atoms with E-state index in [9.17, 15) is 0 Å². The maximum absolute atomic E-state index is 6.09. The number of ether oxygens (including phenoxy) is 1. The Hall–Kier alpha value is -1.91.